The van der Waals surface area contributed by atoms with Crippen molar-refractivity contribution in [3.63, 3.8) is 0 Å². The Bertz CT molecular complexity index is 301. The number of carboxylic acid groups (broad SMARTS) is 1. The summed E-state index contributed by atoms with van der Waals surface area (Å²) in [4.78, 5) is 14.1. The van der Waals surface area contributed by atoms with Crippen molar-refractivity contribution in [2.75, 3.05) is 6.54 Å². The average molecular weight is 202 g/mol. The van der Waals surface area contributed by atoms with Crippen molar-refractivity contribution in [2.24, 2.45) is 7.05 Å². The summed E-state index contributed by atoms with van der Waals surface area (Å²) < 4.78 is 1.56. The number of nitrogens with zero attached hydrogens (tertiary/aromatic N) is 3. The minimum Gasteiger partial charge on any atom is -0.465 e. The zero-order valence-electron chi connectivity index (χ0n) is 7.01. The number of hydrogen-bond donors (Lipinski definition) is 3. The molecule has 1 atom stereocenters. The van der Waals surface area contributed by atoms with Crippen molar-refractivity contribution < 1.29 is 9.90 Å². The molecule has 7 heteroatoms. The Labute approximate surface area is 80.4 Å². The lowest BCUT2D eigenvalue weighted by molar-refractivity contribution is 0.194. The van der Waals surface area contributed by atoms with Gasteiger partial charge >= 0.3 is 6.09 Å². The number of aryl methyl sites for hydroxylation is 1. The summed E-state index contributed by atoms with van der Waals surface area (Å²) >= 11 is 4.18. The highest BCUT2D eigenvalue weighted by atomic mass is 32.1. The Hall–Kier alpha value is -1.24. The Morgan fingerprint density at radius 3 is 3.08 bits per heavy atom. The van der Waals surface area contributed by atoms with Gasteiger partial charge in [-0.05, 0) is 0 Å². The molecule has 1 unspecified atom stereocenters. The first kappa shape index (κ1) is 9.85. The summed E-state index contributed by atoms with van der Waals surface area (Å²) in [5, 5.41) is 14.1. The van der Waals surface area contributed by atoms with Gasteiger partial charge in [0, 0.05) is 13.6 Å². The fourth-order valence-corrected chi connectivity index (χ4v) is 1.21. The van der Waals surface area contributed by atoms with E-state index in [0.29, 0.717) is 5.82 Å². The fourth-order valence-electron chi connectivity index (χ4n) is 0.882. The zero-order valence-corrected chi connectivity index (χ0v) is 7.90. The number of aromatic nitrogens is 3. The van der Waals surface area contributed by atoms with Gasteiger partial charge in [0.15, 0.2) is 0 Å². The first-order valence-corrected chi connectivity index (χ1v) is 4.11. The molecule has 6 nitrogen and oxygen atoms in total. The van der Waals surface area contributed by atoms with Crippen LogP contribution in [0.4, 0.5) is 4.79 Å². The highest BCUT2D eigenvalue weighted by Gasteiger charge is 2.12. The number of amides is 1. The second-order valence-corrected chi connectivity index (χ2v) is 3.07. The molecule has 72 valence electrons. The van der Waals surface area contributed by atoms with Crippen LogP contribution in [0.2, 0.25) is 0 Å². The Kier molecular flexibility index (Phi) is 3.13. The second-order valence-electron chi connectivity index (χ2n) is 2.44. The molecule has 1 aromatic rings. The van der Waals surface area contributed by atoms with Crippen LogP contribution < -0.4 is 5.32 Å². The largest absolute Gasteiger partial charge is 0.465 e. The van der Waals surface area contributed by atoms with E-state index >= 15 is 0 Å². The quantitative estimate of drug-likeness (QED) is 0.605. The Morgan fingerprint density at radius 2 is 2.62 bits per heavy atom. The maximum atomic E-state index is 10.2. The maximum Gasteiger partial charge on any atom is 0.404 e. The third kappa shape index (κ3) is 2.62. The van der Waals surface area contributed by atoms with Gasteiger partial charge in [-0.3, -0.25) is 4.68 Å². The van der Waals surface area contributed by atoms with Gasteiger partial charge < -0.3 is 10.4 Å². The van der Waals surface area contributed by atoms with Crippen LogP contribution in [0.25, 0.3) is 0 Å². The summed E-state index contributed by atoms with van der Waals surface area (Å²) in [6.45, 7) is 0.213. The van der Waals surface area contributed by atoms with E-state index in [1.165, 1.54) is 6.33 Å². The molecule has 0 aromatic carbocycles. The maximum absolute atomic E-state index is 10.2. The van der Waals surface area contributed by atoms with E-state index in [1.54, 1.807) is 11.7 Å². The number of hydrogen-bond acceptors (Lipinski definition) is 4. The van der Waals surface area contributed by atoms with E-state index in [4.69, 9.17) is 5.11 Å². The molecule has 0 aliphatic heterocycles. The lowest BCUT2D eigenvalue weighted by Gasteiger charge is -2.08. The van der Waals surface area contributed by atoms with Crippen LogP contribution in [-0.2, 0) is 7.05 Å². The lowest BCUT2D eigenvalue weighted by atomic mass is 10.4. The smallest absolute Gasteiger partial charge is 0.404 e. The molecule has 1 heterocycles. The van der Waals surface area contributed by atoms with E-state index in [-0.39, 0.29) is 11.8 Å². The minimum absolute atomic E-state index is 0.213. The number of rotatable bonds is 3. The first-order chi connectivity index (χ1) is 6.11. The van der Waals surface area contributed by atoms with Gasteiger partial charge in [0.1, 0.15) is 12.2 Å². The molecule has 1 aromatic heterocycles. The molecule has 0 saturated heterocycles. The molecule has 2 N–H and O–H groups in total. The molecular weight excluding hydrogens is 192 g/mol. The molecule has 0 radical (unpaired) electrons. The molecule has 0 aliphatic rings. The lowest BCUT2D eigenvalue weighted by Crippen LogP contribution is -2.25. The van der Waals surface area contributed by atoms with E-state index < -0.39 is 6.09 Å². The first-order valence-electron chi connectivity index (χ1n) is 3.60. The van der Waals surface area contributed by atoms with Crippen LogP contribution in [0.1, 0.15) is 11.1 Å². The average Bonchev–Trinajstić information content (AvgIpc) is 2.47. The van der Waals surface area contributed by atoms with Crippen molar-refractivity contribution in [1.82, 2.24) is 20.1 Å². The topological polar surface area (TPSA) is 80.0 Å². The van der Waals surface area contributed by atoms with Crippen molar-refractivity contribution in [3.05, 3.63) is 12.2 Å². The van der Waals surface area contributed by atoms with Gasteiger partial charge in [0.2, 0.25) is 0 Å². The van der Waals surface area contributed by atoms with Crippen molar-refractivity contribution in [3.8, 4) is 0 Å². The SMILES string of the molecule is Cn1ncnc1C(S)CNC(=O)O. The number of nitrogens with one attached hydrogen (secondary N) is 1. The van der Waals surface area contributed by atoms with E-state index in [1.807, 2.05) is 0 Å². The Morgan fingerprint density at radius 1 is 1.92 bits per heavy atom. The number of carbonyl (C=O) groups is 1. The van der Waals surface area contributed by atoms with E-state index in [9.17, 15) is 4.79 Å². The molecular formula is C6H10N4O2S. The highest BCUT2D eigenvalue weighted by Crippen LogP contribution is 2.14. The van der Waals surface area contributed by atoms with Crippen molar-refractivity contribution in [2.45, 2.75) is 5.25 Å². The van der Waals surface area contributed by atoms with Crippen molar-refractivity contribution in [1.29, 1.82) is 0 Å². The Balaban J connectivity index is 2.53. The second kappa shape index (κ2) is 4.13. The third-order valence-corrected chi connectivity index (χ3v) is 1.90. The molecule has 13 heavy (non-hydrogen) atoms. The summed E-state index contributed by atoms with van der Waals surface area (Å²) in [5.74, 6) is 0.636. The third-order valence-electron chi connectivity index (χ3n) is 1.49. The van der Waals surface area contributed by atoms with Crippen LogP contribution in [0, 0.1) is 0 Å². The monoisotopic (exact) mass is 202 g/mol. The van der Waals surface area contributed by atoms with Crippen LogP contribution in [0.5, 0.6) is 0 Å². The number of thiol groups is 1. The molecule has 0 aliphatic carbocycles. The highest BCUT2D eigenvalue weighted by molar-refractivity contribution is 7.80. The molecule has 0 bridgehead atoms. The molecule has 1 amide bonds. The van der Waals surface area contributed by atoms with E-state index in [0.717, 1.165) is 0 Å². The van der Waals surface area contributed by atoms with Gasteiger partial charge in [-0.15, -0.1) is 0 Å². The summed E-state index contributed by atoms with van der Waals surface area (Å²) in [5.41, 5.74) is 0. The molecule has 1 rings (SSSR count). The predicted octanol–water partition coefficient (Wildman–Crippen LogP) is 0.0536. The summed E-state index contributed by atoms with van der Waals surface area (Å²) in [6.07, 6.45) is 0.334. The summed E-state index contributed by atoms with van der Waals surface area (Å²) in [7, 11) is 1.73. The minimum atomic E-state index is -1.07. The molecule has 0 spiro atoms. The zero-order chi connectivity index (χ0) is 9.84. The predicted molar refractivity (Wildman–Crippen MR) is 48.8 cm³/mol. The van der Waals surface area contributed by atoms with Crippen LogP contribution >= 0.6 is 12.6 Å². The van der Waals surface area contributed by atoms with Crippen LogP contribution in [0.3, 0.4) is 0 Å². The standard InChI is InChI=1S/C6H10N4O2S/c1-10-5(8-3-9-10)4(13)2-7-6(11)12/h3-4,7,13H,2H2,1H3,(H,11,12). The fraction of sp³-hybridized carbons (Fsp3) is 0.500. The molecule has 0 saturated carbocycles. The van der Waals surface area contributed by atoms with Crippen LogP contribution in [0.15, 0.2) is 6.33 Å². The summed E-state index contributed by atoms with van der Waals surface area (Å²) in [6, 6.07) is 0. The van der Waals surface area contributed by atoms with Gasteiger partial charge in [0.25, 0.3) is 0 Å². The normalized spacial score (nSPS) is 12.5. The van der Waals surface area contributed by atoms with Gasteiger partial charge in [-0.1, -0.05) is 0 Å². The van der Waals surface area contributed by atoms with Crippen molar-refractivity contribution >= 4 is 18.7 Å². The van der Waals surface area contributed by atoms with E-state index in [2.05, 4.69) is 28.0 Å². The van der Waals surface area contributed by atoms with Gasteiger partial charge in [-0.25, -0.2) is 9.78 Å². The van der Waals surface area contributed by atoms with Gasteiger partial charge in [0.05, 0.1) is 5.25 Å². The van der Waals surface area contributed by atoms with Gasteiger partial charge in [-0.2, -0.15) is 17.7 Å². The molecule has 0 fully saturated rings. The van der Waals surface area contributed by atoms with Crippen LogP contribution in [-0.4, -0.2) is 32.5 Å².